The fraction of sp³-hybridized carbons (Fsp3) is 0.320. The lowest BCUT2D eigenvalue weighted by molar-refractivity contribution is -0.143. The van der Waals surface area contributed by atoms with Crippen LogP contribution in [0.5, 0.6) is 0 Å². The maximum absolute atomic E-state index is 13.7. The van der Waals surface area contributed by atoms with Crippen molar-refractivity contribution in [3.05, 3.63) is 59.5 Å². The fourth-order valence-electron chi connectivity index (χ4n) is 4.23. The Hall–Kier alpha value is -4.22. The Morgan fingerprint density at radius 3 is 2.54 bits per heavy atom. The van der Waals surface area contributed by atoms with E-state index < -0.39 is 17.6 Å². The topological polar surface area (TPSA) is 110 Å². The van der Waals surface area contributed by atoms with Gasteiger partial charge in [-0.25, -0.2) is 9.99 Å². The van der Waals surface area contributed by atoms with Gasteiger partial charge in [-0.2, -0.15) is 18.3 Å². The van der Waals surface area contributed by atoms with Crippen molar-refractivity contribution >= 4 is 39.4 Å². The molecule has 0 aliphatic heterocycles. The highest BCUT2D eigenvalue weighted by Crippen LogP contribution is 2.33. The molecule has 1 aliphatic rings. The molecule has 1 aliphatic carbocycles. The largest absolute Gasteiger partial charge is 0.417 e. The zero-order chi connectivity index (χ0) is 26.5. The summed E-state index contributed by atoms with van der Waals surface area (Å²) >= 11 is 0. The van der Waals surface area contributed by atoms with E-state index in [4.69, 9.17) is 5.73 Å². The van der Waals surface area contributed by atoms with Crippen LogP contribution in [0.1, 0.15) is 40.9 Å². The van der Waals surface area contributed by atoms with Crippen molar-refractivity contribution in [2.75, 3.05) is 12.8 Å². The second-order valence-electron chi connectivity index (χ2n) is 9.22. The van der Waals surface area contributed by atoms with Crippen molar-refractivity contribution in [3.8, 4) is 0 Å². The Labute approximate surface area is 209 Å². The number of carbonyl (C=O) groups excluding carboxylic acids is 2. The highest BCUT2D eigenvalue weighted by Gasteiger charge is 2.32. The number of nitrogens with two attached hydrogens (primary N) is 1. The predicted molar refractivity (Wildman–Crippen MR) is 130 cm³/mol. The highest BCUT2D eigenvalue weighted by molar-refractivity contribution is 6.10. The third-order valence-electron chi connectivity index (χ3n) is 6.54. The monoisotopic (exact) mass is 511 g/mol. The summed E-state index contributed by atoms with van der Waals surface area (Å²) < 4.78 is 40.6. The van der Waals surface area contributed by atoms with Gasteiger partial charge in [0, 0.05) is 37.7 Å². The second-order valence-corrected chi connectivity index (χ2v) is 9.22. The molecule has 0 spiro atoms. The van der Waals surface area contributed by atoms with Gasteiger partial charge in [0.1, 0.15) is 5.82 Å². The number of alkyl halides is 3. The van der Waals surface area contributed by atoms with E-state index in [0.29, 0.717) is 27.6 Å². The van der Waals surface area contributed by atoms with Crippen LogP contribution in [0, 0.1) is 5.92 Å². The predicted octanol–water partition coefficient (Wildman–Crippen LogP) is 3.93. The molecule has 9 nitrogen and oxygen atoms in total. The summed E-state index contributed by atoms with van der Waals surface area (Å²) in [5.74, 6) is -0.170. The average molecular weight is 512 g/mol. The average Bonchev–Trinajstić information content (AvgIpc) is 3.59. The summed E-state index contributed by atoms with van der Waals surface area (Å²) in [4.78, 5) is 34.9. The number of pyridine rings is 2. The lowest BCUT2D eigenvalue weighted by Gasteiger charge is -2.32. The van der Waals surface area contributed by atoms with Crippen LogP contribution in [0.15, 0.2) is 42.7 Å². The van der Waals surface area contributed by atoms with Crippen molar-refractivity contribution < 1.29 is 22.8 Å². The number of benzene rings is 1. The number of nitrogens with zero attached hydrogens (tertiary/aromatic N) is 6. The van der Waals surface area contributed by atoms with Gasteiger partial charge in [0.05, 0.1) is 40.4 Å². The first-order chi connectivity index (χ1) is 17.5. The Kier molecular flexibility index (Phi) is 5.97. The molecule has 0 saturated heterocycles. The van der Waals surface area contributed by atoms with E-state index in [1.165, 1.54) is 23.1 Å². The maximum Gasteiger partial charge on any atom is 0.417 e. The van der Waals surface area contributed by atoms with Gasteiger partial charge in [0.25, 0.3) is 5.91 Å². The minimum absolute atomic E-state index is 0.191. The van der Waals surface area contributed by atoms with Crippen molar-refractivity contribution in [3.63, 3.8) is 0 Å². The third-order valence-corrected chi connectivity index (χ3v) is 6.54. The Morgan fingerprint density at radius 2 is 1.89 bits per heavy atom. The van der Waals surface area contributed by atoms with Crippen LogP contribution >= 0.6 is 0 Å². The molecule has 0 atom stereocenters. The molecule has 4 aromatic rings. The molecular formula is C25H24F3N7O2. The van der Waals surface area contributed by atoms with Gasteiger partial charge in [-0.1, -0.05) is 0 Å². The van der Waals surface area contributed by atoms with Crippen LogP contribution in [0.4, 0.5) is 19.0 Å². The third kappa shape index (κ3) is 4.78. The van der Waals surface area contributed by atoms with Gasteiger partial charge in [-0.15, -0.1) is 0 Å². The number of aromatic nitrogens is 4. The SMILES string of the molecule is CN(C(=O)CC1CC1)N(Cc1ccc(C(F)(F)F)cn1)C(=O)c1ccc2nc(N)c3cnn(C)c3c2c1. The summed E-state index contributed by atoms with van der Waals surface area (Å²) in [6.45, 7) is -0.191. The fourth-order valence-corrected chi connectivity index (χ4v) is 4.23. The first kappa shape index (κ1) is 24.5. The minimum Gasteiger partial charge on any atom is -0.383 e. The molecule has 5 rings (SSSR count). The number of anilines is 1. The molecule has 2 amide bonds. The molecular weight excluding hydrogens is 487 g/mol. The van der Waals surface area contributed by atoms with E-state index >= 15 is 0 Å². The van der Waals surface area contributed by atoms with Crippen LogP contribution in [0.2, 0.25) is 0 Å². The zero-order valence-electron chi connectivity index (χ0n) is 20.2. The standard InChI is InChI=1S/C25H24F3N7O2/c1-33-22-18-10-15(5-8-20(18)32-23(29)19(22)12-31-33)24(37)35(34(2)21(36)9-14-3-4-14)13-17-7-6-16(11-30-17)25(26,27)28/h5-8,10-12,14H,3-4,9,13H2,1-2H3,(H2,29,32). The molecule has 2 N–H and O–H groups in total. The summed E-state index contributed by atoms with van der Waals surface area (Å²) in [7, 11) is 3.23. The van der Waals surface area contributed by atoms with Gasteiger partial charge >= 0.3 is 6.18 Å². The molecule has 37 heavy (non-hydrogen) atoms. The van der Waals surface area contributed by atoms with Gasteiger partial charge in [0.2, 0.25) is 5.91 Å². The Bertz CT molecular complexity index is 1510. The van der Waals surface area contributed by atoms with Gasteiger partial charge in [-0.05, 0) is 49.1 Å². The van der Waals surface area contributed by atoms with Crippen LogP contribution < -0.4 is 5.73 Å². The molecule has 3 heterocycles. The molecule has 1 saturated carbocycles. The first-order valence-electron chi connectivity index (χ1n) is 11.6. The number of nitrogen functional groups attached to an aromatic ring is 1. The van der Waals surface area contributed by atoms with Gasteiger partial charge < -0.3 is 5.73 Å². The van der Waals surface area contributed by atoms with E-state index in [1.54, 1.807) is 36.1 Å². The Balaban J connectivity index is 1.52. The van der Waals surface area contributed by atoms with E-state index in [1.807, 2.05) is 0 Å². The minimum atomic E-state index is -4.53. The number of amides is 2. The van der Waals surface area contributed by atoms with Crippen molar-refractivity contribution in [2.24, 2.45) is 13.0 Å². The number of halogens is 3. The van der Waals surface area contributed by atoms with Crippen LogP contribution in [-0.4, -0.2) is 48.6 Å². The number of rotatable bonds is 5. The lowest BCUT2D eigenvalue weighted by atomic mass is 10.1. The second kappa shape index (κ2) is 9.02. The molecule has 1 fully saturated rings. The number of hydrazine groups is 1. The van der Waals surface area contributed by atoms with Crippen LogP contribution in [-0.2, 0) is 24.6 Å². The van der Waals surface area contributed by atoms with Gasteiger partial charge in [-0.3, -0.25) is 24.3 Å². The smallest absolute Gasteiger partial charge is 0.383 e. The summed E-state index contributed by atoms with van der Waals surface area (Å²) in [5, 5.41) is 7.96. The number of fused-ring (bicyclic) bond motifs is 3. The van der Waals surface area contributed by atoms with Crippen molar-refractivity contribution in [1.82, 2.24) is 29.8 Å². The molecule has 0 unspecified atom stereocenters. The molecule has 1 aromatic carbocycles. The Morgan fingerprint density at radius 1 is 1.14 bits per heavy atom. The lowest BCUT2D eigenvalue weighted by Crippen LogP contribution is -2.47. The van der Waals surface area contributed by atoms with Crippen molar-refractivity contribution in [1.29, 1.82) is 0 Å². The van der Waals surface area contributed by atoms with E-state index in [-0.39, 0.29) is 36.0 Å². The quantitative estimate of drug-likeness (QED) is 0.407. The molecule has 192 valence electrons. The van der Waals surface area contributed by atoms with Crippen molar-refractivity contribution in [2.45, 2.75) is 32.0 Å². The van der Waals surface area contributed by atoms with Gasteiger partial charge in [0.15, 0.2) is 0 Å². The number of carbonyl (C=O) groups is 2. The zero-order valence-corrected chi connectivity index (χ0v) is 20.2. The molecule has 12 heteroatoms. The number of aryl methyl sites for hydroxylation is 1. The highest BCUT2D eigenvalue weighted by atomic mass is 19.4. The summed E-state index contributed by atoms with van der Waals surface area (Å²) in [6.07, 6.45) is -0.0201. The van der Waals surface area contributed by atoms with Crippen LogP contribution in [0.3, 0.4) is 0 Å². The molecule has 3 aromatic heterocycles. The van der Waals surface area contributed by atoms with E-state index in [2.05, 4.69) is 15.1 Å². The van der Waals surface area contributed by atoms with Crippen LogP contribution in [0.25, 0.3) is 21.8 Å². The number of hydrogen-bond donors (Lipinski definition) is 1. The summed E-state index contributed by atoms with van der Waals surface area (Å²) in [6, 6.07) is 7.00. The number of hydrogen-bond acceptors (Lipinski definition) is 6. The summed E-state index contributed by atoms with van der Waals surface area (Å²) in [5.41, 5.74) is 6.90. The van der Waals surface area contributed by atoms with E-state index in [0.717, 1.165) is 25.1 Å². The first-order valence-corrected chi connectivity index (χ1v) is 11.6. The molecule has 0 radical (unpaired) electrons. The normalized spacial score (nSPS) is 13.8. The van der Waals surface area contributed by atoms with E-state index in [9.17, 15) is 22.8 Å². The molecule has 0 bridgehead atoms. The maximum atomic E-state index is 13.7.